The number of piperidine rings is 1. The average Bonchev–Trinajstić information content (AvgIpc) is 3.23. The molecule has 2 atom stereocenters. The molecule has 1 N–H and O–H groups in total. The molecule has 8 heteroatoms. The molecule has 1 heterocycles. The zero-order valence-electron chi connectivity index (χ0n) is 19.3. The number of rotatable bonds is 6. The van der Waals surface area contributed by atoms with E-state index in [1.165, 1.54) is 36.4 Å². The molecule has 2 aromatic carbocycles. The minimum absolute atomic E-state index is 0.0751. The number of nitrogens with one attached hydrogen (secondary N) is 1. The highest BCUT2D eigenvalue weighted by Crippen LogP contribution is 2.34. The van der Waals surface area contributed by atoms with Gasteiger partial charge in [0.25, 0.3) is 0 Å². The van der Waals surface area contributed by atoms with E-state index in [0.717, 1.165) is 63.4 Å². The summed E-state index contributed by atoms with van der Waals surface area (Å²) in [7, 11) is 0. The number of alkyl halides is 3. The highest BCUT2D eigenvalue weighted by molar-refractivity contribution is 5.91. The normalized spacial score (nSPS) is 22.1. The molecule has 1 saturated heterocycles. The maximum atomic E-state index is 13.3. The van der Waals surface area contributed by atoms with Crippen molar-refractivity contribution < 1.29 is 26.7 Å². The van der Waals surface area contributed by atoms with Crippen LogP contribution in [0.15, 0.2) is 48.5 Å². The van der Waals surface area contributed by atoms with Crippen LogP contribution in [0.5, 0.6) is 0 Å². The Bertz CT molecular complexity index is 1020. The summed E-state index contributed by atoms with van der Waals surface area (Å²) in [5.41, 5.74) is 0.650. The summed E-state index contributed by atoms with van der Waals surface area (Å²) in [5, 5.41) is 2.98. The van der Waals surface area contributed by atoms with Crippen molar-refractivity contribution in [3.63, 3.8) is 0 Å². The van der Waals surface area contributed by atoms with Crippen molar-refractivity contribution in [3.05, 3.63) is 76.9 Å². The summed E-state index contributed by atoms with van der Waals surface area (Å²) < 4.78 is 64.9. The van der Waals surface area contributed by atoms with Crippen LogP contribution in [-0.2, 0) is 11.0 Å². The lowest BCUT2D eigenvalue weighted by molar-refractivity contribution is -0.137. The van der Waals surface area contributed by atoms with Crippen molar-refractivity contribution in [2.45, 2.75) is 50.2 Å². The molecule has 35 heavy (non-hydrogen) atoms. The predicted molar refractivity (Wildman–Crippen MR) is 125 cm³/mol. The van der Waals surface area contributed by atoms with Gasteiger partial charge in [0, 0.05) is 24.7 Å². The molecule has 2 aliphatic rings. The highest BCUT2D eigenvalue weighted by Gasteiger charge is 2.31. The van der Waals surface area contributed by atoms with Crippen LogP contribution in [0.3, 0.4) is 0 Å². The van der Waals surface area contributed by atoms with Crippen molar-refractivity contribution in [3.8, 4) is 0 Å². The zero-order chi connectivity index (χ0) is 25.0. The smallest absolute Gasteiger partial charge is 0.350 e. The van der Waals surface area contributed by atoms with Gasteiger partial charge in [0.15, 0.2) is 0 Å². The molecule has 4 rings (SSSR count). The Hall–Kier alpha value is -2.74. The summed E-state index contributed by atoms with van der Waals surface area (Å²) >= 11 is 0. The van der Waals surface area contributed by atoms with Gasteiger partial charge in [-0.3, -0.25) is 4.79 Å². The van der Waals surface area contributed by atoms with Crippen LogP contribution >= 0.6 is 0 Å². The zero-order valence-corrected chi connectivity index (χ0v) is 19.3. The standard InChI is InChI=1S/C27H29F5N2O/c28-23-13-18(14-24(29)16-23)2-8-26(35)33-25-7-1-19(15-25)17-34-11-9-21(10-12-34)20-3-5-22(6-4-20)27(30,31)32/h2-6,8,13-14,16,19,21,25H,1,7,9-12,15,17H2,(H,33,35)/b8-2+/t19-,25+/m0/s1. The molecule has 2 aromatic rings. The molecule has 1 saturated carbocycles. The average molecular weight is 493 g/mol. The lowest BCUT2D eigenvalue weighted by Crippen LogP contribution is -2.37. The summed E-state index contributed by atoms with van der Waals surface area (Å²) in [6.45, 7) is 2.77. The molecule has 0 radical (unpaired) electrons. The van der Waals surface area contributed by atoms with Gasteiger partial charge < -0.3 is 10.2 Å². The van der Waals surface area contributed by atoms with Crippen molar-refractivity contribution >= 4 is 12.0 Å². The minimum Gasteiger partial charge on any atom is -0.350 e. The molecule has 2 fully saturated rings. The molecule has 0 aromatic heterocycles. The quantitative estimate of drug-likeness (QED) is 0.387. The second-order valence-electron chi connectivity index (χ2n) is 9.62. The SMILES string of the molecule is O=C(/C=C/c1cc(F)cc(F)c1)N[C@@H]1CC[C@H](CN2CCC(c3ccc(C(F)(F)F)cc3)CC2)C1. The van der Waals surface area contributed by atoms with E-state index in [-0.39, 0.29) is 17.9 Å². The van der Waals surface area contributed by atoms with E-state index in [4.69, 9.17) is 0 Å². The number of carbonyl (C=O) groups is 1. The third kappa shape index (κ3) is 7.13. The molecule has 0 spiro atoms. The third-order valence-electron chi connectivity index (χ3n) is 7.01. The Morgan fingerprint density at radius 2 is 1.63 bits per heavy atom. The number of carbonyl (C=O) groups excluding carboxylic acids is 1. The van der Waals surface area contributed by atoms with E-state index >= 15 is 0 Å². The van der Waals surface area contributed by atoms with Crippen molar-refractivity contribution in [2.24, 2.45) is 5.92 Å². The number of hydrogen-bond acceptors (Lipinski definition) is 2. The summed E-state index contributed by atoms with van der Waals surface area (Å²) in [4.78, 5) is 14.6. The Morgan fingerprint density at radius 3 is 2.26 bits per heavy atom. The van der Waals surface area contributed by atoms with E-state index in [1.807, 2.05) is 0 Å². The summed E-state index contributed by atoms with van der Waals surface area (Å²) in [6.07, 6.45) is 3.02. The number of amides is 1. The fourth-order valence-corrected chi connectivity index (χ4v) is 5.22. The molecule has 0 bridgehead atoms. The van der Waals surface area contributed by atoms with E-state index in [1.54, 1.807) is 12.1 Å². The van der Waals surface area contributed by atoms with Gasteiger partial charge in [0.2, 0.25) is 5.91 Å². The van der Waals surface area contributed by atoms with E-state index in [2.05, 4.69) is 10.2 Å². The molecule has 1 aliphatic heterocycles. The second-order valence-corrected chi connectivity index (χ2v) is 9.62. The van der Waals surface area contributed by atoms with Crippen LogP contribution in [-0.4, -0.2) is 36.5 Å². The number of halogens is 5. The van der Waals surface area contributed by atoms with E-state index in [9.17, 15) is 26.7 Å². The maximum Gasteiger partial charge on any atom is 0.416 e. The fourth-order valence-electron chi connectivity index (χ4n) is 5.22. The Labute approximate surface area is 202 Å². The Balaban J connectivity index is 1.19. The van der Waals surface area contributed by atoms with Gasteiger partial charge in [0.05, 0.1) is 5.56 Å². The molecular formula is C27H29F5N2O. The van der Waals surface area contributed by atoms with Gasteiger partial charge in [0.1, 0.15) is 11.6 Å². The van der Waals surface area contributed by atoms with Gasteiger partial charge >= 0.3 is 6.18 Å². The van der Waals surface area contributed by atoms with Crippen molar-refractivity contribution in [2.75, 3.05) is 19.6 Å². The summed E-state index contributed by atoms with van der Waals surface area (Å²) in [6, 6.07) is 8.73. The topological polar surface area (TPSA) is 32.3 Å². The molecule has 1 amide bonds. The first-order chi connectivity index (χ1) is 16.7. The molecule has 1 aliphatic carbocycles. The number of likely N-dealkylation sites (tertiary alicyclic amines) is 1. The maximum absolute atomic E-state index is 13.3. The number of hydrogen-bond donors (Lipinski definition) is 1. The molecule has 3 nitrogen and oxygen atoms in total. The van der Waals surface area contributed by atoms with Gasteiger partial charge in [-0.1, -0.05) is 12.1 Å². The first-order valence-electron chi connectivity index (χ1n) is 12.0. The first kappa shape index (κ1) is 25.4. The third-order valence-corrected chi connectivity index (χ3v) is 7.01. The van der Waals surface area contributed by atoms with Gasteiger partial charge in [-0.05, 0) is 98.5 Å². The van der Waals surface area contributed by atoms with Crippen molar-refractivity contribution in [1.82, 2.24) is 10.2 Å². The van der Waals surface area contributed by atoms with Gasteiger partial charge in [-0.2, -0.15) is 13.2 Å². The highest BCUT2D eigenvalue weighted by atomic mass is 19.4. The van der Waals surface area contributed by atoms with Crippen LogP contribution in [0.4, 0.5) is 22.0 Å². The van der Waals surface area contributed by atoms with E-state index < -0.39 is 23.4 Å². The van der Waals surface area contributed by atoms with Crippen LogP contribution < -0.4 is 5.32 Å². The molecular weight excluding hydrogens is 463 g/mol. The van der Waals surface area contributed by atoms with Crippen LogP contribution in [0.1, 0.15) is 54.7 Å². The largest absolute Gasteiger partial charge is 0.416 e. The van der Waals surface area contributed by atoms with E-state index in [0.29, 0.717) is 11.5 Å². The lowest BCUT2D eigenvalue weighted by atomic mass is 9.88. The van der Waals surface area contributed by atoms with Crippen molar-refractivity contribution in [1.29, 1.82) is 0 Å². The predicted octanol–water partition coefficient (Wildman–Crippen LogP) is 6.16. The van der Waals surface area contributed by atoms with Crippen LogP contribution in [0, 0.1) is 17.6 Å². The summed E-state index contributed by atoms with van der Waals surface area (Å²) in [5.74, 6) is -0.899. The van der Waals surface area contributed by atoms with Crippen LogP contribution in [0.25, 0.3) is 6.08 Å². The number of nitrogens with zero attached hydrogens (tertiary/aromatic N) is 1. The lowest BCUT2D eigenvalue weighted by Gasteiger charge is -2.34. The molecule has 188 valence electrons. The monoisotopic (exact) mass is 492 g/mol. The molecule has 0 unspecified atom stereocenters. The number of benzene rings is 2. The Kier molecular flexibility index (Phi) is 7.89. The Morgan fingerprint density at radius 1 is 0.971 bits per heavy atom. The fraction of sp³-hybridized carbons (Fsp3) is 0.444. The van der Waals surface area contributed by atoms with Crippen LogP contribution in [0.2, 0.25) is 0 Å². The minimum atomic E-state index is -4.31. The van der Waals surface area contributed by atoms with Gasteiger partial charge in [-0.15, -0.1) is 0 Å². The second kappa shape index (κ2) is 10.9. The first-order valence-corrected chi connectivity index (χ1v) is 12.0. The van der Waals surface area contributed by atoms with Gasteiger partial charge in [-0.25, -0.2) is 8.78 Å².